The van der Waals surface area contributed by atoms with Crippen molar-refractivity contribution in [3.05, 3.63) is 73.3 Å². The van der Waals surface area contributed by atoms with Crippen molar-refractivity contribution < 1.29 is 4.74 Å². The van der Waals surface area contributed by atoms with Gasteiger partial charge < -0.3 is 4.74 Å². The van der Waals surface area contributed by atoms with E-state index in [1.54, 1.807) is 11.3 Å². The summed E-state index contributed by atoms with van der Waals surface area (Å²) in [6.07, 6.45) is 7.95. The number of thiophene rings is 1. The predicted octanol–water partition coefficient (Wildman–Crippen LogP) is 6.07. The normalized spacial score (nSPS) is 11.5. The van der Waals surface area contributed by atoms with Crippen LogP contribution in [0.15, 0.2) is 73.3 Å². The van der Waals surface area contributed by atoms with Crippen molar-refractivity contribution in [2.24, 2.45) is 0 Å². The van der Waals surface area contributed by atoms with Crippen molar-refractivity contribution in [2.75, 3.05) is 0 Å². The summed E-state index contributed by atoms with van der Waals surface area (Å²) in [6, 6.07) is 16.7. The first-order valence-electron chi connectivity index (χ1n) is 9.25. The first-order valence-corrected chi connectivity index (χ1v) is 10.1. The third-order valence-electron chi connectivity index (χ3n) is 4.65. The van der Waals surface area contributed by atoms with Gasteiger partial charge in [-0.1, -0.05) is 12.1 Å². The van der Waals surface area contributed by atoms with E-state index < -0.39 is 0 Å². The van der Waals surface area contributed by atoms with Gasteiger partial charge in [0.25, 0.3) is 0 Å². The van der Waals surface area contributed by atoms with Crippen LogP contribution in [0.2, 0.25) is 0 Å². The minimum Gasteiger partial charge on any atom is -0.491 e. The molecule has 4 nitrogen and oxygen atoms in total. The number of benzene rings is 1. The summed E-state index contributed by atoms with van der Waals surface area (Å²) in [5.74, 6) is 0.891. The van der Waals surface area contributed by atoms with Crippen LogP contribution in [-0.2, 0) is 0 Å². The average Bonchev–Trinajstić information content (AvgIpc) is 3.31. The number of fused-ring (bicyclic) bond motifs is 2. The zero-order valence-corrected chi connectivity index (χ0v) is 16.5. The lowest BCUT2D eigenvalue weighted by atomic mass is 10.1. The minimum atomic E-state index is 0.176. The number of ether oxygens (including phenoxy) is 1. The molecule has 5 aromatic rings. The van der Waals surface area contributed by atoms with Crippen LogP contribution in [0.5, 0.6) is 5.75 Å². The standard InChI is InChI=1S/C23H19N3OS/c1-15(2)27-19-5-3-16(4-6-19)17-8-10-26-20(13-25-23(26)12-17)21-11-18-7-9-24-14-22(18)28-21/h3-15H,1-2H3. The lowest BCUT2D eigenvalue weighted by Gasteiger charge is -2.10. The van der Waals surface area contributed by atoms with Crippen LogP contribution < -0.4 is 4.74 Å². The van der Waals surface area contributed by atoms with Gasteiger partial charge in [0, 0.05) is 18.6 Å². The third kappa shape index (κ3) is 3.04. The number of aromatic nitrogens is 3. The summed E-state index contributed by atoms with van der Waals surface area (Å²) >= 11 is 1.74. The van der Waals surface area contributed by atoms with Crippen LogP contribution in [0.25, 0.3) is 37.4 Å². The molecular weight excluding hydrogens is 366 g/mol. The number of rotatable bonds is 4. The Bertz CT molecular complexity index is 1240. The Morgan fingerprint density at radius 1 is 0.964 bits per heavy atom. The highest BCUT2D eigenvalue weighted by molar-refractivity contribution is 7.22. The fourth-order valence-corrected chi connectivity index (χ4v) is 4.39. The number of nitrogens with zero attached hydrogens (tertiary/aromatic N) is 3. The molecule has 0 amide bonds. The zero-order valence-electron chi connectivity index (χ0n) is 15.7. The maximum Gasteiger partial charge on any atom is 0.137 e. The average molecular weight is 385 g/mol. The molecule has 0 aliphatic carbocycles. The lowest BCUT2D eigenvalue weighted by Crippen LogP contribution is -2.05. The topological polar surface area (TPSA) is 39.4 Å². The van der Waals surface area contributed by atoms with E-state index in [1.807, 2.05) is 50.6 Å². The molecule has 0 radical (unpaired) electrons. The SMILES string of the molecule is CC(C)Oc1ccc(-c2ccn3c(-c4cc5ccncc5s4)cnc3c2)cc1. The Morgan fingerprint density at radius 2 is 1.82 bits per heavy atom. The molecule has 5 heteroatoms. The quantitative estimate of drug-likeness (QED) is 0.377. The molecule has 4 aromatic heterocycles. The number of pyridine rings is 2. The molecule has 0 bridgehead atoms. The Hall–Kier alpha value is -3.18. The summed E-state index contributed by atoms with van der Waals surface area (Å²) in [5, 5.41) is 1.21. The molecule has 138 valence electrons. The molecular formula is C23H19N3OS. The van der Waals surface area contributed by atoms with Gasteiger partial charge in [0.15, 0.2) is 0 Å². The van der Waals surface area contributed by atoms with Gasteiger partial charge in [0.1, 0.15) is 11.4 Å². The van der Waals surface area contributed by atoms with E-state index >= 15 is 0 Å². The Balaban J connectivity index is 1.51. The van der Waals surface area contributed by atoms with E-state index in [2.05, 4.69) is 50.9 Å². The molecule has 0 aliphatic heterocycles. The fourth-order valence-electron chi connectivity index (χ4n) is 3.35. The summed E-state index contributed by atoms with van der Waals surface area (Å²) in [4.78, 5) is 10.0. The molecule has 28 heavy (non-hydrogen) atoms. The molecule has 4 heterocycles. The van der Waals surface area contributed by atoms with Crippen LogP contribution in [0.4, 0.5) is 0 Å². The highest BCUT2D eigenvalue weighted by Crippen LogP contribution is 2.34. The van der Waals surface area contributed by atoms with Crippen molar-refractivity contribution in [1.82, 2.24) is 14.4 Å². The highest BCUT2D eigenvalue weighted by Gasteiger charge is 2.11. The van der Waals surface area contributed by atoms with Gasteiger partial charge in [0.05, 0.1) is 27.6 Å². The summed E-state index contributed by atoms with van der Waals surface area (Å²) in [6.45, 7) is 4.07. The van der Waals surface area contributed by atoms with E-state index in [0.717, 1.165) is 28.2 Å². The fraction of sp³-hybridized carbons (Fsp3) is 0.130. The van der Waals surface area contributed by atoms with E-state index in [0.29, 0.717) is 0 Å². The molecule has 0 unspecified atom stereocenters. The van der Waals surface area contributed by atoms with Crippen molar-refractivity contribution >= 4 is 27.1 Å². The van der Waals surface area contributed by atoms with Gasteiger partial charge in [-0.15, -0.1) is 11.3 Å². The van der Waals surface area contributed by atoms with Gasteiger partial charge in [0.2, 0.25) is 0 Å². The summed E-state index contributed by atoms with van der Waals surface area (Å²) in [5.41, 5.74) is 4.33. The molecule has 0 saturated heterocycles. The largest absolute Gasteiger partial charge is 0.491 e. The first kappa shape index (κ1) is 17.0. The third-order valence-corrected chi connectivity index (χ3v) is 5.76. The smallest absolute Gasteiger partial charge is 0.137 e. The van der Waals surface area contributed by atoms with E-state index in [1.165, 1.54) is 15.0 Å². The second-order valence-electron chi connectivity index (χ2n) is 7.00. The number of imidazole rings is 1. The van der Waals surface area contributed by atoms with Crippen LogP contribution in [0.3, 0.4) is 0 Å². The van der Waals surface area contributed by atoms with Crippen molar-refractivity contribution in [1.29, 1.82) is 0 Å². The maximum absolute atomic E-state index is 5.73. The van der Waals surface area contributed by atoms with E-state index in [-0.39, 0.29) is 6.10 Å². The molecule has 0 saturated carbocycles. The molecule has 0 atom stereocenters. The van der Waals surface area contributed by atoms with Gasteiger partial charge in [-0.2, -0.15) is 0 Å². The van der Waals surface area contributed by atoms with Crippen LogP contribution in [0, 0.1) is 0 Å². The zero-order chi connectivity index (χ0) is 19.1. The van der Waals surface area contributed by atoms with Crippen molar-refractivity contribution in [2.45, 2.75) is 20.0 Å². The van der Waals surface area contributed by atoms with E-state index in [4.69, 9.17) is 4.74 Å². The monoisotopic (exact) mass is 385 g/mol. The Kier molecular flexibility index (Phi) is 4.10. The lowest BCUT2D eigenvalue weighted by molar-refractivity contribution is 0.242. The number of hydrogen-bond donors (Lipinski definition) is 0. The molecule has 5 rings (SSSR count). The molecule has 0 fully saturated rings. The molecule has 1 aromatic carbocycles. The van der Waals surface area contributed by atoms with Gasteiger partial charge >= 0.3 is 0 Å². The summed E-state index contributed by atoms with van der Waals surface area (Å²) < 4.78 is 9.06. The van der Waals surface area contributed by atoms with Gasteiger partial charge in [-0.05, 0) is 66.8 Å². The second kappa shape index (κ2) is 6.77. The van der Waals surface area contributed by atoms with Crippen molar-refractivity contribution in [3.63, 3.8) is 0 Å². The Labute approximate surface area is 167 Å². The molecule has 0 spiro atoms. The molecule has 0 N–H and O–H groups in total. The van der Waals surface area contributed by atoms with Gasteiger partial charge in [-0.3, -0.25) is 9.38 Å². The highest BCUT2D eigenvalue weighted by atomic mass is 32.1. The van der Waals surface area contributed by atoms with Crippen LogP contribution >= 0.6 is 11.3 Å². The van der Waals surface area contributed by atoms with E-state index in [9.17, 15) is 0 Å². The Morgan fingerprint density at radius 3 is 2.61 bits per heavy atom. The van der Waals surface area contributed by atoms with Crippen molar-refractivity contribution in [3.8, 4) is 27.4 Å². The maximum atomic E-state index is 5.73. The second-order valence-corrected chi connectivity index (χ2v) is 8.09. The van der Waals surface area contributed by atoms with Crippen LogP contribution in [-0.4, -0.2) is 20.5 Å². The number of hydrogen-bond acceptors (Lipinski definition) is 4. The van der Waals surface area contributed by atoms with Crippen LogP contribution in [0.1, 0.15) is 13.8 Å². The molecule has 0 aliphatic rings. The predicted molar refractivity (Wildman–Crippen MR) is 115 cm³/mol. The first-order chi connectivity index (χ1) is 13.7. The summed E-state index contributed by atoms with van der Waals surface area (Å²) in [7, 11) is 0. The minimum absolute atomic E-state index is 0.176. The van der Waals surface area contributed by atoms with Gasteiger partial charge in [-0.25, -0.2) is 4.98 Å².